The lowest BCUT2D eigenvalue weighted by molar-refractivity contribution is -0.122. The van der Waals surface area contributed by atoms with Crippen LogP contribution in [0.15, 0.2) is 16.8 Å². The van der Waals surface area contributed by atoms with Crippen LogP contribution in [0.4, 0.5) is 0 Å². The molecule has 0 aromatic rings. The van der Waals surface area contributed by atoms with Crippen molar-refractivity contribution in [3.8, 4) is 0 Å². The van der Waals surface area contributed by atoms with E-state index in [1.54, 1.807) is 12.3 Å². The van der Waals surface area contributed by atoms with Crippen molar-refractivity contribution in [2.24, 2.45) is 22.6 Å². The molecule has 6 heteroatoms. The van der Waals surface area contributed by atoms with Crippen LogP contribution in [0.2, 0.25) is 0 Å². The number of halogens is 2. The van der Waals surface area contributed by atoms with Crippen LogP contribution in [-0.2, 0) is 9.53 Å². The van der Waals surface area contributed by atoms with Gasteiger partial charge >= 0.3 is 0 Å². The number of dihydropyridines is 1. The largest absolute Gasteiger partial charge is 0.497 e. The van der Waals surface area contributed by atoms with Crippen LogP contribution < -0.4 is 5.73 Å². The fraction of sp³-hybridized carbons (Fsp3) is 0.500. The highest BCUT2D eigenvalue weighted by molar-refractivity contribution is 5.85. The third kappa shape index (κ3) is 2.19. The van der Waals surface area contributed by atoms with Crippen molar-refractivity contribution >= 4 is 36.9 Å². The summed E-state index contributed by atoms with van der Waals surface area (Å²) in [5.74, 6) is 0.468. The fourth-order valence-electron chi connectivity index (χ4n) is 1.58. The number of aliphatic imine (C=N–C) groups is 1. The van der Waals surface area contributed by atoms with Crippen LogP contribution in [0.1, 0.15) is 0 Å². The van der Waals surface area contributed by atoms with Gasteiger partial charge in [0, 0.05) is 12.8 Å². The SMILES string of the molecule is Cl.Cl.NC(=O)C1COC2=CC=NCC21. The van der Waals surface area contributed by atoms with Crippen LogP contribution in [0, 0.1) is 11.8 Å². The van der Waals surface area contributed by atoms with Crippen LogP contribution >= 0.6 is 24.8 Å². The minimum absolute atomic E-state index is 0. The lowest BCUT2D eigenvalue weighted by Crippen LogP contribution is -2.30. The van der Waals surface area contributed by atoms with E-state index >= 15 is 0 Å². The van der Waals surface area contributed by atoms with Crippen molar-refractivity contribution in [3.63, 3.8) is 0 Å². The number of fused-ring (bicyclic) bond motifs is 1. The van der Waals surface area contributed by atoms with Gasteiger partial charge in [-0.2, -0.15) is 0 Å². The van der Waals surface area contributed by atoms with E-state index in [0.29, 0.717) is 13.2 Å². The third-order valence-electron chi connectivity index (χ3n) is 2.29. The van der Waals surface area contributed by atoms with Gasteiger partial charge in [-0.15, -0.1) is 24.8 Å². The maximum atomic E-state index is 10.9. The summed E-state index contributed by atoms with van der Waals surface area (Å²) in [6, 6.07) is 0. The lowest BCUT2D eigenvalue weighted by atomic mass is 9.92. The first-order valence-electron chi connectivity index (χ1n) is 3.91. The average molecular weight is 239 g/mol. The zero-order valence-corrected chi connectivity index (χ0v) is 9.01. The number of hydrogen-bond acceptors (Lipinski definition) is 3. The molecule has 0 aromatic heterocycles. The summed E-state index contributed by atoms with van der Waals surface area (Å²) < 4.78 is 5.30. The molecule has 0 aromatic carbocycles. The molecular weight excluding hydrogens is 227 g/mol. The minimum atomic E-state index is -0.291. The van der Waals surface area contributed by atoms with E-state index in [9.17, 15) is 4.79 Å². The Morgan fingerprint density at radius 1 is 1.57 bits per heavy atom. The maximum Gasteiger partial charge on any atom is 0.224 e. The Balaban J connectivity index is 0.000000845. The molecule has 2 rings (SSSR count). The van der Waals surface area contributed by atoms with Crippen molar-refractivity contribution < 1.29 is 9.53 Å². The van der Waals surface area contributed by atoms with Gasteiger partial charge in [0.05, 0.1) is 11.8 Å². The van der Waals surface area contributed by atoms with Gasteiger partial charge in [-0.1, -0.05) is 0 Å². The lowest BCUT2D eigenvalue weighted by Gasteiger charge is -2.13. The van der Waals surface area contributed by atoms with Crippen LogP contribution in [0.3, 0.4) is 0 Å². The minimum Gasteiger partial charge on any atom is -0.497 e. The van der Waals surface area contributed by atoms with E-state index in [2.05, 4.69) is 4.99 Å². The molecule has 2 aliphatic heterocycles. The first-order valence-corrected chi connectivity index (χ1v) is 3.91. The summed E-state index contributed by atoms with van der Waals surface area (Å²) in [7, 11) is 0. The zero-order valence-electron chi connectivity index (χ0n) is 7.38. The van der Waals surface area contributed by atoms with Gasteiger partial charge < -0.3 is 10.5 Å². The molecule has 14 heavy (non-hydrogen) atoms. The molecule has 0 spiro atoms. The molecule has 2 aliphatic rings. The van der Waals surface area contributed by atoms with Gasteiger partial charge in [0.15, 0.2) is 0 Å². The van der Waals surface area contributed by atoms with Crippen molar-refractivity contribution in [3.05, 3.63) is 11.8 Å². The van der Waals surface area contributed by atoms with E-state index in [1.165, 1.54) is 0 Å². The second kappa shape index (κ2) is 5.22. The number of primary amides is 1. The van der Waals surface area contributed by atoms with Gasteiger partial charge in [-0.3, -0.25) is 9.79 Å². The van der Waals surface area contributed by atoms with Gasteiger partial charge in [-0.25, -0.2) is 0 Å². The molecule has 2 unspecified atom stereocenters. The summed E-state index contributed by atoms with van der Waals surface area (Å²) in [4.78, 5) is 15.0. The monoisotopic (exact) mass is 238 g/mol. The fourth-order valence-corrected chi connectivity index (χ4v) is 1.58. The number of rotatable bonds is 1. The molecule has 2 N–H and O–H groups in total. The first kappa shape index (κ1) is 13.3. The molecular formula is C8H12Cl2N2O2. The molecule has 0 bridgehead atoms. The van der Waals surface area contributed by atoms with Crippen LogP contribution in [-0.4, -0.2) is 25.3 Å². The highest BCUT2D eigenvalue weighted by atomic mass is 35.5. The van der Waals surface area contributed by atoms with Gasteiger partial charge in [0.2, 0.25) is 5.91 Å². The summed E-state index contributed by atoms with van der Waals surface area (Å²) >= 11 is 0. The molecule has 1 amide bonds. The molecule has 2 atom stereocenters. The Hall–Kier alpha value is -0.740. The van der Waals surface area contributed by atoms with Crippen molar-refractivity contribution in [1.29, 1.82) is 0 Å². The summed E-state index contributed by atoms with van der Waals surface area (Å²) in [6.07, 6.45) is 3.51. The predicted molar refractivity (Wildman–Crippen MR) is 58.1 cm³/mol. The van der Waals surface area contributed by atoms with Crippen molar-refractivity contribution in [1.82, 2.24) is 0 Å². The summed E-state index contributed by atoms with van der Waals surface area (Å²) in [6.45, 7) is 1.04. The number of hydrogen-bond donors (Lipinski definition) is 1. The Bertz CT molecular complexity index is 279. The average Bonchev–Trinajstić information content (AvgIpc) is 2.47. The number of ether oxygens (including phenoxy) is 1. The molecule has 2 heterocycles. The Morgan fingerprint density at radius 2 is 2.29 bits per heavy atom. The molecule has 0 radical (unpaired) electrons. The number of carbonyl (C=O) groups excluding carboxylic acids is 1. The van der Waals surface area contributed by atoms with Crippen LogP contribution in [0.25, 0.3) is 0 Å². The number of allylic oxidation sites excluding steroid dienone is 1. The van der Waals surface area contributed by atoms with Gasteiger partial charge in [0.25, 0.3) is 0 Å². The second-order valence-electron chi connectivity index (χ2n) is 3.01. The zero-order chi connectivity index (χ0) is 8.55. The standard InChI is InChI=1S/C8H10N2O2.2ClH/c9-8(11)6-4-12-7-1-2-10-3-5(6)7;;/h1-2,5-6H,3-4H2,(H2,9,11);2*1H. The number of carbonyl (C=O) groups is 1. The highest BCUT2D eigenvalue weighted by Gasteiger charge is 2.37. The first-order chi connectivity index (χ1) is 5.79. The third-order valence-corrected chi connectivity index (χ3v) is 2.29. The summed E-state index contributed by atoms with van der Waals surface area (Å²) in [5.41, 5.74) is 5.21. The van der Waals surface area contributed by atoms with Crippen LogP contribution in [0.5, 0.6) is 0 Å². The van der Waals surface area contributed by atoms with E-state index < -0.39 is 0 Å². The maximum absolute atomic E-state index is 10.9. The Morgan fingerprint density at radius 3 is 2.93 bits per heavy atom. The van der Waals surface area contributed by atoms with Crippen molar-refractivity contribution in [2.75, 3.05) is 13.2 Å². The molecule has 4 nitrogen and oxygen atoms in total. The number of nitrogens with zero attached hydrogens (tertiary/aromatic N) is 1. The number of nitrogens with two attached hydrogens (primary N) is 1. The molecule has 80 valence electrons. The quantitative estimate of drug-likeness (QED) is 0.726. The smallest absolute Gasteiger partial charge is 0.224 e. The molecule has 1 fully saturated rings. The molecule has 1 saturated heterocycles. The number of amides is 1. The van der Waals surface area contributed by atoms with Crippen molar-refractivity contribution in [2.45, 2.75) is 0 Å². The normalized spacial score (nSPS) is 27.6. The van der Waals surface area contributed by atoms with Gasteiger partial charge in [0.1, 0.15) is 12.4 Å². The summed E-state index contributed by atoms with van der Waals surface area (Å²) in [5, 5.41) is 0. The van der Waals surface area contributed by atoms with E-state index in [0.717, 1.165) is 5.76 Å². The van der Waals surface area contributed by atoms with Gasteiger partial charge in [-0.05, 0) is 6.08 Å². The Labute approximate surface area is 94.4 Å². The van der Waals surface area contributed by atoms with E-state index in [4.69, 9.17) is 10.5 Å². The molecule has 0 saturated carbocycles. The highest BCUT2D eigenvalue weighted by Crippen LogP contribution is 2.31. The molecule has 0 aliphatic carbocycles. The topological polar surface area (TPSA) is 64.7 Å². The predicted octanol–water partition coefficient (Wildman–Crippen LogP) is 0.546. The Kier molecular flexibility index (Phi) is 4.94. The second-order valence-corrected chi connectivity index (χ2v) is 3.01. The van der Waals surface area contributed by atoms with E-state index in [-0.39, 0.29) is 42.6 Å². The van der Waals surface area contributed by atoms with E-state index in [1.807, 2.05) is 0 Å².